The number of rotatable bonds is 6. The van der Waals surface area contributed by atoms with E-state index in [1.165, 1.54) is 6.07 Å². The summed E-state index contributed by atoms with van der Waals surface area (Å²) in [7, 11) is -1.48. The topological polar surface area (TPSA) is 46.8 Å². The summed E-state index contributed by atoms with van der Waals surface area (Å²) in [5.41, 5.74) is 4.26. The number of aromatic nitrogens is 1. The lowest BCUT2D eigenvalue weighted by atomic mass is 9.99. The van der Waals surface area contributed by atoms with Gasteiger partial charge in [-0.25, -0.2) is 13.0 Å². The smallest absolute Gasteiger partial charge is 0.169 e. The molecule has 1 aliphatic rings. The largest absolute Gasteiger partial charge is 0.492 e. The molecule has 1 aliphatic heterocycles. The summed E-state index contributed by atoms with van der Waals surface area (Å²) >= 11 is 5.94. The summed E-state index contributed by atoms with van der Waals surface area (Å²) in [6, 6.07) is 19.5. The summed E-state index contributed by atoms with van der Waals surface area (Å²) in [5.74, 6) is 0.373. The van der Waals surface area contributed by atoms with Crippen molar-refractivity contribution >= 4 is 39.2 Å². The average molecular weight is 496 g/mol. The number of hydrogen-bond donors (Lipinski definition) is 0. The molecule has 34 heavy (non-hydrogen) atoms. The number of hydrogen-bond acceptors (Lipinski definition) is 3. The summed E-state index contributed by atoms with van der Waals surface area (Å²) in [4.78, 5) is 0.673. The molecule has 5 rings (SSSR count). The van der Waals surface area contributed by atoms with Gasteiger partial charge in [-0.3, -0.25) is 0 Å². The number of ether oxygens (including phenoxy) is 1. The van der Waals surface area contributed by atoms with Crippen molar-refractivity contribution in [3.63, 3.8) is 0 Å². The molecule has 3 aromatic carbocycles. The van der Waals surface area contributed by atoms with E-state index >= 15 is 0 Å². The number of halogens is 2. The number of benzene rings is 3. The molecule has 8 heteroatoms. The molecule has 0 spiro atoms. The Balaban J connectivity index is 1.56. The van der Waals surface area contributed by atoms with Crippen LogP contribution in [0.25, 0.3) is 10.9 Å². The molecular formula is C26H23ClFN3O2S. The van der Waals surface area contributed by atoms with Crippen LogP contribution in [0.15, 0.2) is 76.7 Å². The van der Waals surface area contributed by atoms with Crippen molar-refractivity contribution < 1.29 is 13.3 Å². The molecule has 0 radical (unpaired) electrons. The predicted molar refractivity (Wildman–Crippen MR) is 134 cm³/mol. The number of fused-ring (bicyclic) bond motifs is 2. The van der Waals surface area contributed by atoms with Crippen molar-refractivity contribution in [3.05, 3.63) is 94.4 Å². The molecule has 0 saturated heterocycles. The molecule has 0 fully saturated rings. The fourth-order valence-electron chi connectivity index (χ4n) is 4.38. The van der Waals surface area contributed by atoms with Crippen LogP contribution in [0, 0.1) is 12.7 Å². The normalized spacial score (nSPS) is 15.4. The van der Waals surface area contributed by atoms with Gasteiger partial charge in [-0.1, -0.05) is 29.8 Å². The zero-order chi connectivity index (χ0) is 23.8. The van der Waals surface area contributed by atoms with Crippen molar-refractivity contribution in [1.29, 1.82) is 0 Å². The molecule has 1 atom stereocenters. The molecular weight excluding hydrogens is 473 g/mol. The first kappa shape index (κ1) is 22.6. The van der Waals surface area contributed by atoms with Crippen LogP contribution >= 0.6 is 11.6 Å². The van der Waals surface area contributed by atoms with E-state index in [2.05, 4.69) is 11.5 Å². The van der Waals surface area contributed by atoms with Gasteiger partial charge in [0.15, 0.2) is 11.0 Å². The number of nitrogens with zero attached hydrogens (tertiary/aromatic N) is 3. The van der Waals surface area contributed by atoms with E-state index in [4.69, 9.17) is 21.4 Å². The third kappa shape index (κ3) is 3.99. The highest BCUT2D eigenvalue weighted by Gasteiger charge is 2.29. The van der Waals surface area contributed by atoms with E-state index in [-0.39, 0.29) is 12.4 Å². The summed E-state index contributed by atoms with van der Waals surface area (Å²) in [6.07, 6.45) is 0. The molecule has 174 valence electrons. The van der Waals surface area contributed by atoms with Crippen LogP contribution in [-0.2, 0) is 17.5 Å². The van der Waals surface area contributed by atoms with Crippen LogP contribution in [-0.4, -0.2) is 32.1 Å². The first-order valence-corrected chi connectivity index (χ1v) is 12.5. The molecule has 5 nitrogen and oxygen atoms in total. The second-order valence-electron chi connectivity index (χ2n) is 7.94. The molecule has 2 heterocycles. The zero-order valence-corrected chi connectivity index (χ0v) is 20.4. The molecule has 0 aliphatic carbocycles. The van der Waals surface area contributed by atoms with Crippen LogP contribution in [0.3, 0.4) is 0 Å². The summed E-state index contributed by atoms with van der Waals surface area (Å²) in [6.45, 7) is 5.42. The Morgan fingerprint density at radius 3 is 2.62 bits per heavy atom. The van der Waals surface area contributed by atoms with E-state index in [0.29, 0.717) is 27.9 Å². The van der Waals surface area contributed by atoms with Gasteiger partial charge in [0, 0.05) is 39.3 Å². The fraction of sp³-hybridized carbons (Fsp3) is 0.192. The fourth-order valence-corrected chi connectivity index (χ4v) is 5.68. The van der Waals surface area contributed by atoms with Crippen molar-refractivity contribution in [1.82, 2.24) is 8.98 Å². The van der Waals surface area contributed by atoms with Gasteiger partial charge in [-0.2, -0.15) is 5.10 Å². The lowest BCUT2D eigenvalue weighted by molar-refractivity contribution is 0.281. The van der Waals surface area contributed by atoms with Gasteiger partial charge in [0.25, 0.3) is 0 Å². The lowest BCUT2D eigenvalue weighted by Crippen LogP contribution is -2.32. The predicted octanol–water partition coefficient (Wildman–Crippen LogP) is 5.93. The van der Waals surface area contributed by atoms with Gasteiger partial charge in [-0.05, 0) is 62.4 Å². The van der Waals surface area contributed by atoms with Crippen molar-refractivity contribution in [2.75, 3.05) is 13.2 Å². The van der Waals surface area contributed by atoms with Gasteiger partial charge in [0.1, 0.15) is 23.9 Å². The minimum atomic E-state index is -1.48. The Labute approximate surface area is 205 Å². The quantitative estimate of drug-likeness (QED) is 0.333. The van der Waals surface area contributed by atoms with Crippen LogP contribution in [0.2, 0.25) is 5.02 Å². The van der Waals surface area contributed by atoms with Gasteiger partial charge in [-0.15, -0.1) is 0 Å². The summed E-state index contributed by atoms with van der Waals surface area (Å²) in [5, 5.41) is 6.24. The Kier molecular flexibility index (Phi) is 6.15. The molecule has 0 saturated carbocycles. The van der Waals surface area contributed by atoms with Gasteiger partial charge < -0.3 is 9.30 Å². The third-order valence-corrected chi connectivity index (χ3v) is 7.57. The molecule has 0 bridgehead atoms. The lowest BCUT2D eigenvalue weighted by Gasteiger charge is -2.26. The molecule has 4 aromatic rings. The van der Waals surface area contributed by atoms with E-state index in [1.807, 2.05) is 31.2 Å². The molecule has 0 N–H and O–H groups in total. The molecule has 1 unspecified atom stereocenters. The van der Waals surface area contributed by atoms with Crippen LogP contribution in [0.5, 0.6) is 5.75 Å². The van der Waals surface area contributed by atoms with E-state index in [9.17, 15) is 8.60 Å². The van der Waals surface area contributed by atoms with Gasteiger partial charge in [0.05, 0.1) is 11.4 Å². The molecule has 0 amide bonds. The number of hydrazone groups is 1. The maximum absolute atomic E-state index is 14.3. The van der Waals surface area contributed by atoms with E-state index in [0.717, 1.165) is 34.3 Å². The third-order valence-electron chi connectivity index (χ3n) is 5.94. The van der Waals surface area contributed by atoms with Gasteiger partial charge >= 0.3 is 0 Å². The standard InChI is InChI=1S/C26H23ClFN3O2S/c1-3-30-17(2)25(22-16-19(28)10-13-23(22)30)26-21-6-4-5-7-24(21)34(32)31(29-26)14-15-33-20-11-8-18(27)9-12-20/h4-13,16H,3,14-15H2,1-2H3. The Morgan fingerprint density at radius 2 is 1.85 bits per heavy atom. The van der Waals surface area contributed by atoms with Crippen LogP contribution in [0.4, 0.5) is 4.39 Å². The average Bonchev–Trinajstić information content (AvgIpc) is 3.12. The van der Waals surface area contributed by atoms with Crippen molar-refractivity contribution in [2.45, 2.75) is 25.3 Å². The SMILES string of the molecule is CCn1c(C)c(C2=NN(CCOc3ccc(Cl)cc3)S(=O)c3ccccc32)c2cc(F)ccc21. The number of aryl methyl sites for hydroxylation is 1. The zero-order valence-electron chi connectivity index (χ0n) is 18.8. The monoisotopic (exact) mass is 495 g/mol. The first-order chi connectivity index (χ1) is 16.5. The van der Waals surface area contributed by atoms with E-state index < -0.39 is 11.0 Å². The highest BCUT2D eigenvalue weighted by Crippen LogP contribution is 2.33. The first-order valence-electron chi connectivity index (χ1n) is 11.0. The van der Waals surface area contributed by atoms with Crippen molar-refractivity contribution in [2.24, 2.45) is 5.10 Å². The second-order valence-corrected chi connectivity index (χ2v) is 9.73. The minimum Gasteiger partial charge on any atom is -0.492 e. The Hall–Kier alpha value is -3.16. The van der Waals surface area contributed by atoms with Crippen LogP contribution < -0.4 is 4.74 Å². The minimum absolute atomic E-state index is 0.288. The maximum Gasteiger partial charge on any atom is 0.169 e. The second kappa shape index (κ2) is 9.24. The maximum atomic E-state index is 14.3. The van der Waals surface area contributed by atoms with Crippen LogP contribution in [0.1, 0.15) is 23.7 Å². The van der Waals surface area contributed by atoms with Crippen molar-refractivity contribution in [3.8, 4) is 5.75 Å². The Morgan fingerprint density at radius 1 is 1.09 bits per heavy atom. The molecule has 1 aromatic heterocycles. The van der Waals surface area contributed by atoms with E-state index in [1.54, 1.807) is 40.8 Å². The highest BCUT2D eigenvalue weighted by molar-refractivity contribution is 7.82. The summed E-state index contributed by atoms with van der Waals surface area (Å²) < 4.78 is 37.1. The Bertz CT molecular complexity index is 1430. The highest BCUT2D eigenvalue weighted by atomic mass is 35.5. The van der Waals surface area contributed by atoms with Gasteiger partial charge in [0.2, 0.25) is 0 Å².